The quantitative estimate of drug-likeness (QED) is 0.586. The molecule has 1 aromatic heterocycles. The Balaban J connectivity index is 1.26. The highest BCUT2D eigenvalue weighted by Crippen LogP contribution is 2.46. The second-order valence-corrected chi connectivity index (χ2v) is 8.45. The van der Waals surface area contributed by atoms with Crippen LogP contribution in [0.3, 0.4) is 0 Å². The van der Waals surface area contributed by atoms with Crippen LogP contribution in [0.4, 0.5) is 5.69 Å². The first kappa shape index (κ1) is 19.8. The number of carbonyl (C=O) groups is 1. The SMILES string of the molecule is O=C(CCn1c(=S)[nH]c2ccccc2c1=O)Nc1ccc2c(c1)OC1(CCCCC1)O2. The summed E-state index contributed by atoms with van der Waals surface area (Å²) in [6.45, 7) is 0.193. The van der Waals surface area contributed by atoms with E-state index in [4.69, 9.17) is 21.7 Å². The van der Waals surface area contributed by atoms with Gasteiger partial charge in [0.25, 0.3) is 11.3 Å². The number of anilines is 1. The predicted molar refractivity (Wildman–Crippen MR) is 120 cm³/mol. The normalized spacial score (nSPS) is 16.5. The van der Waals surface area contributed by atoms with E-state index in [0.29, 0.717) is 32.9 Å². The van der Waals surface area contributed by atoms with E-state index < -0.39 is 5.79 Å². The maximum Gasteiger partial charge on any atom is 0.262 e. The van der Waals surface area contributed by atoms with Crippen LogP contribution in [-0.4, -0.2) is 21.2 Å². The van der Waals surface area contributed by atoms with Crippen LogP contribution in [-0.2, 0) is 11.3 Å². The molecular formula is C23H23N3O4S. The zero-order valence-electron chi connectivity index (χ0n) is 17.0. The van der Waals surface area contributed by atoms with E-state index in [1.807, 2.05) is 12.1 Å². The molecule has 0 saturated heterocycles. The van der Waals surface area contributed by atoms with E-state index in [9.17, 15) is 9.59 Å². The second kappa shape index (κ2) is 7.85. The zero-order valence-corrected chi connectivity index (χ0v) is 17.8. The summed E-state index contributed by atoms with van der Waals surface area (Å²) < 4.78 is 13.9. The smallest absolute Gasteiger partial charge is 0.262 e. The van der Waals surface area contributed by atoms with Crippen LogP contribution in [0.25, 0.3) is 10.9 Å². The number of ether oxygens (including phenoxy) is 2. The van der Waals surface area contributed by atoms with Gasteiger partial charge in [-0.05, 0) is 49.3 Å². The first-order chi connectivity index (χ1) is 15.0. The van der Waals surface area contributed by atoms with Crippen molar-refractivity contribution in [2.45, 2.75) is 50.9 Å². The summed E-state index contributed by atoms with van der Waals surface area (Å²) in [5, 5.41) is 3.42. The molecule has 2 aromatic carbocycles. The molecule has 160 valence electrons. The molecular weight excluding hydrogens is 414 g/mol. The third-order valence-corrected chi connectivity index (χ3v) is 6.21. The predicted octanol–water partition coefficient (Wildman–Crippen LogP) is 4.52. The molecule has 2 aliphatic rings. The summed E-state index contributed by atoms with van der Waals surface area (Å²) in [4.78, 5) is 28.3. The number of nitrogens with one attached hydrogen (secondary N) is 2. The Morgan fingerprint density at radius 2 is 1.87 bits per heavy atom. The fourth-order valence-corrected chi connectivity index (χ4v) is 4.59. The van der Waals surface area contributed by atoms with Crippen molar-refractivity contribution in [1.82, 2.24) is 9.55 Å². The Hall–Kier alpha value is -3.13. The number of aromatic amines is 1. The molecule has 3 aromatic rings. The highest BCUT2D eigenvalue weighted by Gasteiger charge is 2.42. The van der Waals surface area contributed by atoms with Gasteiger partial charge in [-0.2, -0.15) is 0 Å². The van der Waals surface area contributed by atoms with E-state index in [0.717, 1.165) is 25.7 Å². The van der Waals surface area contributed by atoms with Crippen LogP contribution in [0.15, 0.2) is 47.3 Å². The van der Waals surface area contributed by atoms with Gasteiger partial charge in [0, 0.05) is 37.6 Å². The second-order valence-electron chi connectivity index (χ2n) is 8.07. The molecule has 5 rings (SSSR count). The number of carbonyl (C=O) groups excluding carboxylic acids is 1. The lowest BCUT2D eigenvalue weighted by atomic mass is 9.94. The number of hydrogen-bond donors (Lipinski definition) is 2. The van der Waals surface area contributed by atoms with Crippen LogP contribution in [0.5, 0.6) is 11.5 Å². The largest absolute Gasteiger partial charge is 0.448 e. The van der Waals surface area contributed by atoms with Gasteiger partial charge in [0.2, 0.25) is 5.91 Å². The van der Waals surface area contributed by atoms with Gasteiger partial charge in [0.1, 0.15) is 0 Å². The number of amides is 1. The lowest BCUT2D eigenvalue weighted by molar-refractivity contribution is -0.116. The van der Waals surface area contributed by atoms with Crippen LogP contribution in [0.2, 0.25) is 0 Å². The fraction of sp³-hybridized carbons (Fsp3) is 0.348. The molecule has 0 unspecified atom stereocenters. The van der Waals surface area contributed by atoms with Crippen molar-refractivity contribution in [1.29, 1.82) is 0 Å². The molecule has 0 atom stereocenters. The number of H-pyrrole nitrogens is 1. The van der Waals surface area contributed by atoms with Gasteiger partial charge in [-0.3, -0.25) is 14.2 Å². The van der Waals surface area contributed by atoms with Crippen molar-refractivity contribution in [3.05, 3.63) is 57.6 Å². The minimum absolute atomic E-state index is 0.119. The summed E-state index contributed by atoms with van der Waals surface area (Å²) in [6.07, 6.45) is 5.26. The van der Waals surface area contributed by atoms with Gasteiger partial charge < -0.3 is 19.8 Å². The average Bonchev–Trinajstić information content (AvgIpc) is 3.10. The summed E-state index contributed by atoms with van der Waals surface area (Å²) in [5.74, 6) is 0.624. The Morgan fingerprint density at radius 3 is 2.71 bits per heavy atom. The van der Waals surface area contributed by atoms with E-state index in [2.05, 4.69) is 10.3 Å². The van der Waals surface area contributed by atoms with Gasteiger partial charge in [-0.25, -0.2) is 0 Å². The molecule has 0 bridgehead atoms. The first-order valence-corrected chi connectivity index (χ1v) is 11.0. The summed E-state index contributed by atoms with van der Waals surface area (Å²) in [7, 11) is 0. The number of para-hydroxylation sites is 1. The monoisotopic (exact) mass is 437 g/mol. The van der Waals surface area contributed by atoms with Gasteiger partial charge in [-0.1, -0.05) is 18.6 Å². The molecule has 31 heavy (non-hydrogen) atoms. The van der Waals surface area contributed by atoms with E-state index in [1.165, 1.54) is 11.0 Å². The van der Waals surface area contributed by atoms with Crippen molar-refractivity contribution in [3.63, 3.8) is 0 Å². The van der Waals surface area contributed by atoms with Gasteiger partial charge in [0.05, 0.1) is 10.9 Å². The molecule has 1 aliphatic heterocycles. The molecule has 1 fully saturated rings. The molecule has 7 nitrogen and oxygen atoms in total. The van der Waals surface area contributed by atoms with Crippen LogP contribution in [0.1, 0.15) is 38.5 Å². The van der Waals surface area contributed by atoms with Gasteiger partial charge in [-0.15, -0.1) is 0 Å². The standard InChI is InChI=1S/C23H23N3O4S/c27-20(10-13-26-21(28)16-6-2-3-7-17(16)25-22(26)31)24-15-8-9-18-19(14-15)30-23(29-18)11-4-1-5-12-23/h2-3,6-9,14H,1,4-5,10-13H2,(H,24,27)(H,25,31). The van der Waals surface area contributed by atoms with Crippen molar-refractivity contribution < 1.29 is 14.3 Å². The topological polar surface area (TPSA) is 85.4 Å². The number of aromatic nitrogens is 2. The Labute approximate surface area is 184 Å². The van der Waals surface area contributed by atoms with E-state index in [-0.39, 0.29) is 24.4 Å². The third kappa shape index (κ3) is 3.83. The average molecular weight is 438 g/mol. The van der Waals surface area contributed by atoms with Crippen LogP contribution >= 0.6 is 12.2 Å². The number of rotatable bonds is 4. The molecule has 8 heteroatoms. The first-order valence-electron chi connectivity index (χ1n) is 10.6. The fourth-order valence-electron chi connectivity index (χ4n) is 4.30. The maximum absolute atomic E-state index is 12.7. The Morgan fingerprint density at radius 1 is 1.10 bits per heavy atom. The molecule has 1 saturated carbocycles. The minimum Gasteiger partial charge on any atom is -0.448 e. The number of hydrogen-bond acceptors (Lipinski definition) is 5. The van der Waals surface area contributed by atoms with Crippen molar-refractivity contribution in [3.8, 4) is 11.5 Å². The van der Waals surface area contributed by atoms with Crippen molar-refractivity contribution >= 4 is 34.7 Å². The van der Waals surface area contributed by atoms with Crippen molar-refractivity contribution in [2.24, 2.45) is 0 Å². The Kier molecular flexibility index (Phi) is 5.02. The zero-order chi connectivity index (χ0) is 21.4. The Bertz CT molecular complexity index is 1270. The third-order valence-electron chi connectivity index (χ3n) is 5.89. The maximum atomic E-state index is 12.7. The lowest BCUT2D eigenvalue weighted by Crippen LogP contribution is -2.40. The van der Waals surface area contributed by atoms with Crippen molar-refractivity contribution in [2.75, 3.05) is 5.32 Å². The molecule has 1 amide bonds. The number of benzene rings is 2. The van der Waals surface area contributed by atoms with Crippen LogP contribution in [0, 0.1) is 4.77 Å². The van der Waals surface area contributed by atoms with Gasteiger partial charge >= 0.3 is 0 Å². The molecule has 0 radical (unpaired) electrons. The summed E-state index contributed by atoms with van der Waals surface area (Å²) >= 11 is 5.31. The van der Waals surface area contributed by atoms with E-state index in [1.54, 1.807) is 30.3 Å². The highest BCUT2D eigenvalue weighted by atomic mass is 32.1. The number of nitrogens with zero attached hydrogens (tertiary/aromatic N) is 1. The highest BCUT2D eigenvalue weighted by molar-refractivity contribution is 7.71. The molecule has 1 spiro atoms. The molecule has 2 heterocycles. The molecule has 2 N–H and O–H groups in total. The summed E-state index contributed by atoms with van der Waals surface area (Å²) in [6, 6.07) is 12.6. The summed E-state index contributed by atoms with van der Waals surface area (Å²) in [5.41, 5.74) is 1.12. The van der Waals surface area contributed by atoms with Crippen LogP contribution < -0.4 is 20.3 Å². The van der Waals surface area contributed by atoms with E-state index >= 15 is 0 Å². The minimum atomic E-state index is -0.545. The number of fused-ring (bicyclic) bond motifs is 2. The van der Waals surface area contributed by atoms with Gasteiger partial charge in [0.15, 0.2) is 16.3 Å². The lowest BCUT2D eigenvalue weighted by Gasteiger charge is -2.31. The molecule has 1 aliphatic carbocycles.